The van der Waals surface area contributed by atoms with Gasteiger partial charge in [-0.3, -0.25) is 0 Å². The molecule has 0 bridgehead atoms. The molecule has 1 heteroatoms. The minimum absolute atomic E-state index is 0.384. The van der Waals surface area contributed by atoms with Crippen LogP contribution in [0.1, 0.15) is 34.1 Å². The van der Waals surface area contributed by atoms with Crippen LogP contribution in [0.15, 0.2) is 0 Å². The molecular formula is C7H18O. The van der Waals surface area contributed by atoms with Crippen LogP contribution >= 0.6 is 0 Å². The molecule has 0 aromatic carbocycles. The Bertz CT molecular complexity index is 25.6. The zero-order chi connectivity index (χ0) is 6.99. The van der Waals surface area contributed by atoms with Crippen LogP contribution in [0.5, 0.6) is 0 Å². The quantitative estimate of drug-likeness (QED) is 0.514. The third-order valence-corrected chi connectivity index (χ3v) is 0.471. The summed E-state index contributed by atoms with van der Waals surface area (Å²) < 4.78 is 4.75. The molecule has 0 rings (SSSR count). The molecule has 0 amide bonds. The van der Waals surface area contributed by atoms with Crippen LogP contribution in [-0.2, 0) is 4.74 Å². The highest BCUT2D eigenvalue weighted by Crippen LogP contribution is 1.77. The summed E-state index contributed by atoms with van der Waals surface area (Å²) in [6, 6.07) is 0. The van der Waals surface area contributed by atoms with Gasteiger partial charge in [-0.2, -0.15) is 0 Å². The van der Waals surface area contributed by atoms with Crippen LogP contribution in [-0.4, -0.2) is 13.2 Å². The molecule has 0 N–H and O–H groups in total. The Labute approximate surface area is 53.0 Å². The molecule has 0 saturated carbocycles. The van der Waals surface area contributed by atoms with Gasteiger partial charge in [0.15, 0.2) is 0 Å². The van der Waals surface area contributed by atoms with E-state index in [4.69, 9.17) is 4.74 Å². The van der Waals surface area contributed by atoms with Gasteiger partial charge in [0.2, 0.25) is 0 Å². The highest BCUT2D eigenvalue weighted by molar-refractivity contribution is 4.27. The third kappa shape index (κ3) is 38.2. The Morgan fingerprint density at radius 2 is 1.38 bits per heavy atom. The van der Waals surface area contributed by atoms with E-state index >= 15 is 0 Å². The molecule has 52 valence electrons. The first-order valence-corrected chi connectivity index (χ1v) is 3.21. The van der Waals surface area contributed by atoms with Crippen molar-refractivity contribution in [1.82, 2.24) is 0 Å². The molecule has 0 aliphatic heterocycles. The summed E-state index contributed by atoms with van der Waals surface area (Å²) in [6.45, 7) is 8.25. The first-order valence-electron chi connectivity index (χ1n) is 3.21. The second-order valence-corrected chi connectivity index (χ2v) is 1.99. The largest absolute Gasteiger partial charge is 0.382 e. The van der Waals surface area contributed by atoms with Crippen molar-refractivity contribution in [1.29, 1.82) is 0 Å². The minimum atomic E-state index is 0.384. The fraction of sp³-hybridized carbons (Fsp3) is 1.00. The maximum atomic E-state index is 4.75. The Kier molecular flexibility index (Phi) is 13.6. The Morgan fingerprint density at radius 3 is 1.38 bits per heavy atom. The SMILES string of the molecule is CCC.COC(C)C. The van der Waals surface area contributed by atoms with Crippen LogP contribution < -0.4 is 0 Å². The van der Waals surface area contributed by atoms with Gasteiger partial charge in [0, 0.05) is 7.11 Å². The monoisotopic (exact) mass is 118 g/mol. The number of hydrogen-bond donors (Lipinski definition) is 0. The van der Waals surface area contributed by atoms with E-state index in [2.05, 4.69) is 13.8 Å². The van der Waals surface area contributed by atoms with Crippen LogP contribution in [0.3, 0.4) is 0 Å². The van der Waals surface area contributed by atoms with Crippen LogP contribution in [0, 0.1) is 0 Å². The van der Waals surface area contributed by atoms with E-state index in [1.54, 1.807) is 7.11 Å². The number of rotatable bonds is 1. The van der Waals surface area contributed by atoms with Crippen molar-refractivity contribution < 1.29 is 4.74 Å². The highest BCUT2D eigenvalue weighted by atomic mass is 16.5. The lowest BCUT2D eigenvalue weighted by molar-refractivity contribution is 0.134. The molecule has 0 spiro atoms. The fourth-order valence-corrected chi connectivity index (χ4v) is 0. The van der Waals surface area contributed by atoms with Crippen molar-refractivity contribution in [3.05, 3.63) is 0 Å². The van der Waals surface area contributed by atoms with Gasteiger partial charge in [-0.15, -0.1) is 0 Å². The van der Waals surface area contributed by atoms with Gasteiger partial charge in [-0.25, -0.2) is 0 Å². The van der Waals surface area contributed by atoms with Crippen molar-refractivity contribution in [2.45, 2.75) is 40.2 Å². The van der Waals surface area contributed by atoms with E-state index in [-0.39, 0.29) is 0 Å². The van der Waals surface area contributed by atoms with E-state index < -0.39 is 0 Å². The summed E-state index contributed by atoms with van der Waals surface area (Å²) in [6.07, 6.45) is 1.63. The van der Waals surface area contributed by atoms with Crippen LogP contribution in [0.4, 0.5) is 0 Å². The van der Waals surface area contributed by atoms with Gasteiger partial charge in [0.05, 0.1) is 6.10 Å². The summed E-state index contributed by atoms with van der Waals surface area (Å²) in [5, 5.41) is 0. The van der Waals surface area contributed by atoms with Crippen molar-refractivity contribution in [3.8, 4) is 0 Å². The molecule has 1 nitrogen and oxygen atoms in total. The minimum Gasteiger partial charge on any atom is -0.382 e. The Morgan fingerprint density at radius 1 is 1.25 bits per heavy atom. The number of hydrogen-bond acceptors (Lipinski definition) is 1. The topological polar surface area (TPSA) is 9.23 Å². The fourth-order valence-electron chi connectivity index (χ4n) is 0. The first-order chi connectivity index (χ1) is 3.68. The lowest BCUT2D eigenvalue weighted by Gasteiger charge is -1.94. The highest BCUT2D eigenvalue weighted by Gasteiger charge is 1.78. The van der Waals surface area contributed by atoms with Crippen molar-refractivity contribution in [3.63, 3.8) is 0 Å². The average molecular weight is 118 g/mol. The summed E-state index contributed by atoms with van der Waals surface area (Å²) >= 11 is 0. The molecule has 0 aromatic rings. The van der Waals surface area contributed by atoms with Gasteiger partial charge >= 0.3 is 0 Å². The summed E-state index contributed by atoms with van der Waals surface area (Å²) in [5.74, 6) is 0. The molecule has 0 aromatic heterocycles. The van der Waals surface area contributed by atoms with Crippen molar-refractivity contribution in [2.24, 2.45) is 0 Å². The number of methoxy groups -OCH3 is 1. The summed E-state index contributed by atoms with van der Waals surface area (Å²) in [7, 11) is 1.70. The molecule has 0 radical (unpaired) electrons. The second kappa shape index (κ2) is 10.0. The van der Waals surface area contributed by atoms with Gasteiger partial charge in [0.25, 0.3) is 0 Å². The predicted molar refractivity (Wildman–Crippen MR) is 38.1 cm³/mol. The lowest BCUT2D eigenvalue weighted by Crippen LogP contribution is -1.94. The number of ether oxygens (including phenoxy) is 1. The van der Waals surface area contributed by atoms with Crippen LogP contribution in [0.25, 0.3) is 0 Å². The molecule has 0 saturated heterocycles. The second-order valence-electron chi connectivity index (χ2n) is 1.99. The zero-order valence-corrected chi connectivity index (χ0v) is 6.69. The molecule has 0 unspecified atom stereocenters. The molecule has 8 heavy (non-hydrogen) atoms. The lowest BCUT2D eigenvalue weighted by atomic mass is 10.5. The molecule has 0 heterocycles. The molecule has 0 atom stereocenters. The normalized spacial score (nSPS) is 8.25. The average Bonchev–Trinajstić information content (AvgIpc) is 1.69. The third-order valence-electron chi connectivity index (χ3n) is 0.471. The van der Waals surface area contributed by atoms with E-state index in [9.17, 15) is 0 Å². The van der Waals surface area contributed by atoms with E-state index in [0.717, 1.165) is 0 Å². The van der Waals surface area contributed by atoms with Gasteiger partial charge in [-0.1, -0.05) is 20.3 Å². The summed E-state index contributed by atoms with van der Waals surface area (Å²) in [4.78, 5) is 0. The van der Waals surface area contributed by atoms with E-state index in [1.165, 1.54) is 6.42 Å². The van der Waals surface area contributed by atoms with Gasteiger partial charge in [0.1, 0.15) is 0 Å². The van der Waals surface area contributed by atoms with Gasteiger partial charge in [-0.05, 0) is 13.8 Å². The van der Waals surface area contributed by atoms with Crippen molar-refractivity contribution >= 4 is 0 Å². The first kappa shape index (κ1) is 10.9. The van der Waals surface area contributed by atoms with E-state index in [1.807, 2.05) is 13.8 Å². The smallest absolute Gasteiger partial charge is 0.0515 e. The summed E-state index contributed by atoms with van der Waals surface area (Å²) in [5.41, 5.74) is 0. The molecular weight excluding hydrogens is 100 g/mol. The molecule has 0 fully saturated rings. The molecule has 0 aliphatic carbocycles. The van der Waals surface area contributed by atoms with Gasteiger partial charge < -0.3 is 4.74 Å². The predicted octanol–water partition coefficient (Wildman–Crippen LogP) is 2.46. The maximum Gasteiger partial charge on any atom is 0.0515 e. The standard InChI is InChI=1S/C4H10O.C3H8/c1-4(2)5-3;1-3-2/h4H,1-3H3;3H2,1-2H3. The van der Waals surface area contributed by atoms with E-state index in [0.29, 0.717) is 6.10 Å². The Hall–Kier alpha value is -0.0400. The van der Waals surface area contributed by atoms with Crippen LogP contribution in [0.2, 0.25) is 0 Å². The zero-order valence-electron chi connectivity index (χ0n) is 6.69. The maximum absolute atomic E-state index is 4.75. The Balaban J connectivity index is 0. The van der Waals surface area contributed by atoms with Crippen molar-refractivity contribution in [2.75, 3.05) is 7.11 Å². The molecule has 0 aliphatic rings.